The van der Waals surface area contributed by atoms with E-state index >= 15 is 0 Å². The van der Waals surface area contributed by atoms with Crippen LogP contribution < -0.4 is 11.1 Å². The lowest BCUT2D eigenvalue weighted by atomic mass is 10.0. The Hall–Kier alpha value is -1.93. The monoisotopic (exact) mass is 249 g/mol. The van der Waals surface area contributed by atoms with Crippen molar-refractivity contribution in [1.82, 2.24) is 0 Å². The van der Waals surface area contributed by atoms with Gasteiger partial charge >= 0.3 is 0 Å². The zero-order valence-corrected chi connectivity index (χ0v) is 10.6. The quantitative estimate of drug-likeness (QED) is 0.859. The number of hydrogen-bond acceptors (Lipinski definition) is 3. The van der Waals surface area contributed by atoms with E-state index in [9.17, 15) is 9.18 Å². The molecule has 0 heterocycles. The number of nitrogens with zero attached hydrogens (tertiary/aromatic N) is 1. The lowest BCUT2D eigenvalue weighted by Crippen LogP contribution is -2.39. The molecule has 0 bridgehead atoms. The molecule has 0 fully saturated rings. The summed E-state index contributed by atoms with van der Waals surface area (Å²) >= 11 is 0. The average Bonchev–Trinajstić information content (AvgIpc) is 2.33. The first-order valence-corrected chi connectivity index (χ1v) is 5.63. The van der Waals surface area contributed by atoms with Crippen LogP contribution in [0.2, 0.25) is 0 Å². The van der Waals surface area contributed by atoms with E-state index in [0.717, 1.165) is 6.07 Å². The van der Waals surface area contributed by atoms with Crippen molar-refractivity contribution in [2.75, 3.05) is 5.32 Å². The van der Waals surface area contributed by atoms with Crippen molar-refractivity contribution in [2.24, 2.45) is 11.7 Å². The molecule has 1 atom stereocenters. The van der Waals surface area contributed by atoms with Gasteiger partial charge in [0.25, 0.3) is 0 Å². The van der Waals surface area contributed by atoms with Gasteiger partial charge in [0.1, 0.15) is 5.82 Å². The lowest BCUT2D eigenvalue weighted by Gasteiger charge is -2.16. The number of carbonyl (C=O) groups is 1. The van der Waals surface area contributed by atoms with Crippen LogP contribution >= 0.6 is 0 Å². The Morgan fingerprint density at radius 1 is 1.50 bits per heavy atom. The molecule has 96 valence electrons. The van der Waals surface area contributed by atoms with E-state index in [1.54, 1.807) is 0 Å². The fourth-order valence-corrected chi connectivity index (χ4v) is 1.39. The highest BCUT2D eigenvalue weighted by Gasteiger charge is 2.18. The maximum Gasteiger partial charge on any atom is 0.241 e. The molecule has 3 N–H and O–H groups in total. The molecule has 0 aliphatic carbocycles. The molecule has 1 aromatic rings. The lowest BCUT2D eigenvalue weighted by molar-refractivity contribution is -0.118. The number of benzene rings is 1. The molecule has 0 saturated heterocycles. The molecular weight excluding hydrogens is 233 g/mol. The zero-order valence-electron chi connectivity index (χ0n) is 10.6. The highest BCUT2D eigenvalue weighted by atomic mass is 19.1. The van der Waals surface area contributed by atoms with Crippen LogP contribution in [0.15, 0.2) is 12.1 Å². The van der Waals surface area contributed by atoms with E-state index in [4.69, 9.17) is 11.0 Å². The third-order valence-electron chi connectivity index (χ3n) is 2.75. The Kier molecular flexibility index (Phi) is 4.40. The number of rotatable bonds is 3. The second kappa shape index (κ2) is 5.61. The summed E-state index contributed by atoms with van der Waals surface area (Å²) in [6, 6.07) is 3.74. The zero-order chi connectivity index (χ0) is 13.9. The van der Waals surface area contributed by atoms with E-state index in [0.29, 0.717) is 5.56 Å². The first-order chi connectivity index (χ1) is 8.36. The van der Waals surface area contributed by atoms with Gasteiger partial charge in [-0.25, -0.2) is 4.39 Å². The topological polar surface area (TPSA) is 78.9 Å². The minimum absolute atomic E-state index is 0.0192. The second-order valence-electron chi connectivity index (χ2n) is 4.50. The summed E-state index contributed by atoms with van der Waals surface area (Å²) in [5.41, 5.74) is 6.43. The number of carbonyl (C=O) groups excluding carboxylic acids is 1. The average molecular weight is 249 g/mol. The first kappa shape index (κ1) is 14.1. The van der Waals surface area contributed by atoms with Crippen molar-refractivity contribution in [1.29, 1.82) is 5.26 Å². The molecule has 0 saturated carbocycles. The van der Waals surface area contributed by atoms with Gasteiger partial charge in [0.05, 0.1) is 17.7 Å². The number of nitrogens with one attached hydrogen (secondary N) is 1. The van der Waals surface area contributed by atoms with Gasteiger partial charge in [-0.05, 0) is 25.0 Å². The van der Waals surface area contributed by atoms with Gasteiger partial charge in [0.2, 0.25) is 5.91 Å². The fraction of sp³-hybridized carbons (Fsp3) is 0.385. The number of nitrogens with two attached hydrogens (primary N) is 1. The fourth-order valence-electron chi connectivity index (χ4n) is 1.39. The van der Waals surface area contributed by atoms with E-state index in [2.05, 4.69) is 5.32 Å². The van der Waals surface area contributed by atoms with Crippen LogP contribution in [0.5, 0.6) is 0 Å². The molecule has 1 aromatic carbocycles. The Morgan fingerprint density at radius 2 is 2.11 bits per heavy atom. The first-order valence-electron chi connectivity index (χ1n) is 5.63. The van der Waals surface area contributed by atoms with Crippen LogP contribution in [0.1, 0.15) is 25.0 Å². The summed E-state index contributed by atoms with van der Waals surface area (Å²) in [5, 5.41) is 11.3. The second-order valence-corrected chi connectivity index (χ2v) is 4.50. The van der Waals surface area contributed by atoms with Crippen molar-refractivity contribution in [3.63, 3.8) is 0 Å². The smallest absolute Gasteiger partial charge is 0.241 e. The molecule has 0 radical (unpaired) electrons. The molecule has 0 spiro atoms. The summed E-state index contributed by atoms with van der Waals surface area (Å²) in [4.78, 5) is 11.8. The minimum Gasteiger partial charge on any atom is -0.324 e. The third kappa shape index (κ3) is 3.05. The van der Waals surface area contributed by atoms with Crippen LogP contribution in [-0.2, 0) is 4.79 Å². The van der Waals surface area contributed by atoms with E-state index in [1.807, 2.05) is 19.9 Å². The largest absolute Gasteiger partial charge is 0.324 e. The minimum atomic E-state index is -0.668. The van der Waals surface area contributed by atoms with Gasteiger partial charge in [-0.15, -0.1) is 0 Å². The van der Waals surface area contributed by atoms with Crippen molar-refractivity contribution in [2.45, 2.75) is 26.8 Å². The standard InChI is InChI=1S/C13H16FN3O/c1-7(2)12(16)13(18)17-11-5-9(6-15)4-10(14)8(11)3/h4-5,7,12H,16H2,1-3H3,(H,17,18)/t12-/m0/s1. The molecule has 18 heavy (non-hydrogen) atoms. The highest BCUT2D eigenvalue weighted by molar-refractivity contribution is 5.95. The number of amides is 1. The van der Waals surface area contributed by atoms with Crippen LogP contribution in [-0.4, -0.2) is 11.9 Å². The van der Waals surface area contributed by atoms with E-state index < -0.39 is 11.9 Å². The molecule has 5 heteroatoms. The maximum absolute atomic E-state index is 13.5. The summed E-state index contributed by atoms with van der Waals surface area (Å²) in [5.74, 6) is -0.931. The molecule has 0 aliphatic heterocycles. The van der Waals surface area contributed by atoms with Gasteiger partial charge in [-0.2, -0.15) is 5.26 Å². The van der Waals surface area contributed by atoms with Gasteiger partial charge < -0.3 is 11.1 Å². The number of hydrogen-bond donors (Lipinski definition) is 2. The Balaban J connectivity index is 3.01. The SMILES string of the molecule is Cc1c(F)cc(C#N)cc1NC(=O)[C@@H](N)C(C)C. The van der Waals surface area contributed by atoms with Gasteiger partial charge in [0, 0.05) is 11.3 Å². The molecule has 1 amide bonds. The Labute approximate surface area is 106 Å². The Morgan fingerprint density at radius 3 is 2.61 bits per heavy atom. The van der Waals surface area contributed by atoms with Crippen molar-refractivity contribution in [3.05, 3.63) is 29.1 Å². The van der Waals surface area contributed by atoms with Crippen molar-refractivity contribution >= 4 is 11.6 Å². The van der Waals surface area contributed by atoms with Crippen molar-refractivity contribution in [3.8, 4) is 6.07 Å². The van der Waals surface area contributed by atoms with Gasteiger partial charge in [-0.1, -0.05) is 13.8 Å². The highest BCUT2D eigenvalue weighted by Crippen LogP contribution is 2.20. The molecule has 0 unspecified atom stereocenters. The van der Waals surface area contributed by atoms with Gasteiger partial charge in [-0.3, -0.25) is 4.79 Å². The van der Waals surface area contributed by atoms with Crippen molar-refractivity contribution < 1.29 is 9.18 Å². The van der Waals surface area contributed by atoms with Crippen LogP contribution in [0.4, 0.5) is 10.1 Å². The number of nitriles is 1. The van der Waals surface area contributed by atoms with E-state index in [-0.39, 0.29) is 23.1 Å². The summed E-state index contributed by atoms with van der Waals surface area (Å²) in [7, 11) is 0. The van der Waals surface area contributed by atoms with Gasteiger partial charge in [0.15, 0.2) is 0 Å². The molecule has 1 rings (SSSR count). The summed E-state index contributed by atoms with van der Waals surface area (Å²) in [6.45, 7) is 5.18. The molecular formula is C13H16FN3O. The van der Waals surface area contributed by atoms with Crippen LogP contribution in [0.25, 0.3) is 0 Å². The number of anilines is 1. The Bertz CT molecular complexity index is 506. The van der Waals surface area contributed by atoms with E-state index in [1.165, 1.54) is 13.0 Å². The van der Waals surface area contributed by atoms with Crippen LogP contribution in [0.3, 0.4) is 0 Å². The molecule has 0 aromatic heterocycles. The molecule has 4 nitrogen and oxygen atoms in total. The normalized spacial score (nSPS) is 12.1. The number of halogens is 1. The van der Waals surface area contributed by atoms with Crippen LogP contribution in [0, 0.1) is 30.0 Å². The third-order valence-corrected chi connectivity index (χ3v) is 2.75. The molecule has 0 aliphatic rings. The summed E-state index contributed by atoms with van der Waals surface area (Å²) in [6.07, 6.45) is 0. The predicted molar refractivity (Wildman–Crippen MR) is 67.3 cm³/mol. The maximum atomic E-state index is 13.5. The summed E-state index contributed by atoms with van der Waals surface area (Å²) < 4.78 is 13.5. The predicted octanol–water partition coefficient (Wildman–Crippen LogP) is 1.93.